The van der Waals surface area contributed by atoms with Crippen molar-refractivity contribution in [1.29, 1.82) is 0 Å². The second-order valence-electron chi connectivity index (χ2n) is 10.9. The number of carbonyl (C=O) groups excluding carboxylic acids is 1. The summed E-state index contributed by atoms with van der Waals surface area (Å²) in [6.07, 6.45) is -0.294. The van der Waals surface area contributed by atoms with Crippen LogP contribution < -0.4 is 5.32 Å². The Morgan fingerprint density at radius 1 is 1.14 bits per heavy atom. The van der Waals surface area contributed by atoms with Gasteiger partial charge >= 0.3 is 12.1 Å². The molecule has 0 saturated carbocycles. The van der Waals surface area contributed by atoms with Crippen LogP contribution in [0.15, 0.2) is 24.3 Å². The van der Waals surface area contributed by atoms with Gasteiger partial charge in [0.15, 0.2) is 0 Å². The number of carboxylic acid groups (broad SMARTS) is 1. The number of benzene rings is 1. The zero-order chi connectivity index (χ0) is 26.6. The Hall–Kier alpha value is -3.13. The van der Waals surface area contributed by atoms with Gasteiger partial charge in [0, 0.05) is 35.4 Å². The lowest BCUT2D eigenvalue weighted by molar-refractivity contribution is 0.0564. The predicted molar refractivity (Wildman–Crippen MR) is 142 cm³/mol. The van der Waals surface area contributed by atoms with Crippen LogP contribution in [0, 0.1) is 19.8 Å². The molecule has 0 aliphatic carbocycles. The van der Waals surface area contributed by atoms with Gasteiger partial charge in [0.05, 0.1) is 31.1 Å². The number of aromatic nitrogens is 1. The normalized spacial score (nSPS) is 14.2. The number of urea groups is 1. The standard InChI is InChI=1S/C28H40N4O4/c1-18(2)16-23-22(17-32(27(34)35)28(5,6)7)24(21-10-8-19(3)9-11-21)25(20(4)29-23)30-26(33)31-12-14-36-15-13-31/h8-11,18H,12-17H2,1-7H3,(H,30,33)(H,34,35). The van der Waals surface area contributed by atoms with E-state index in [2.05, 4.69) is 19.2 Å². The first-order chi connectivity index (χ1) is 16.9. The number of amides is 3. The molecule has 0 atom stereocenters. The molecule has 3 rings (SSSR count). The number of anilines is 1. The first-order valence-corrected chi connectivity index (χ1v) is 12.6. The third kappa shape index (κ3) is 6.55. The number of nitrogens with one attached hydrogen (secondary N) is 1. The first kappa shape index (κ1) is 27.5. The van der Waals surface area contributed by atoms with Gasteiger partial charge in [-0.05, 0) is 52.5 Å². The maximum absolute atomic E-state index is 13.2. The van der Waals surface area contributed by atoms with E-state index in [0.29, 0.717) is 50.0 Å². The molecule has 0 bridgehead atoms. The highest BCUT2D eigenvalue weighted by molar-refractivity contribution is 5.96. The molecule has 0 radical (unpaired) electrons. The average Bonchev–Trinajstić information content (AvgIpc) is 2.79. The maximum atomic E-state index is 13.2. The predicted octanol–water partition coefficient (Wildman–Crippen LogP) is 5.71. The van der Waals surface area contributed by atoms with Crippen LogP contribution in [0.5, 0.6) is 0 Å². The van der Waals surface area contributed by atoms with Gasteiger partial charge < -0.3 is 20.1 Å². The van der Waals surface area contributed by atoms with Crippen molar-refractivity contribution in [3.63, 3.8) is 0 Å². The minimum absolute atomic E-state index is 0.164. The van der Waals surface area contributed by atoms with E-state index in [1.807, 2.05) is 58.9 Å². The molecule has 2 heterocycles. The molecule has 36 heavy (non-hydrogen) atoms. The average molecular weight is 497 g/mol. The fourth-order valence-corrected chi connectivity index (χ4v) is 4.42. The molecule has 196 valence electrons. The Morgan fingerprint density at radius 2 is 1.75 bits per heavy atom. The Balaban J connectivity index is 2.24. The highest BCUT2D eigenvalue weighted by Gasteiger charge is 2.31. The van der Waals surface area contributed by atoms with E-state index in [9.17, 15) is 14.7 Å². The quantitative estimate of drug-likeness (QED) is 0.534. The maximum Gasteiger partial charge on any atom is 0.408 e. The molecule has 8 nitrogen and oxygen atoms in total. The summed E-state index contributed by atoms with van der Waals surface area (Å²) >= 11 is 0. The van der Waals surface area contributed by atoms with Crippen molar-refractivity contribution in [2.45, 2.75) is 67.0 Å². The first-order valence-electron chi connectivity index (χ1n) is 12.6. The smallest absolute Gasteiger partial charge is 0.408 e. The SMILES string of the molecule is Cc1ccc(-c2c(CN(C(=O)O)C(C)(C)C)c(CC(C)C)nc(C)c2NC(=O)N2CCOCC2)cc1. The molecule has 2 N–H and O–H groups in total. The third-order valence-electron chi connectivity index (χ3n) is 6.39. The van der Waals surface area contributed by atoms with Crippen LogP contribution in [0.3, 0.4) is 0 Å². The minimum Gasteiger partial charge on any atom is -0.465 e. The second kappa shape index (κ2) is 11.3. The van der Waals surface area contributed by atoms with Gasteiger partial charge in [-0.25, -0.2) is 9.59 Å². The van der Waals surface area contributed by atoms with Crippen molar-refractivity contribution in [2.24, 2.45) is 5.92 Å². The molecule has 2 aromatic rings. The van der Waals surface area contributed by atoms with Crippen molar-refractivity contribution in [2.75, 3.05) is 31.6 Å². The molecule has 0 spiro atoms. The number of nitrogens with zero attached hydrogens (tertiary/aromatic N) is 3. The van der Waals surface area contributed by atoms with Gasteiger partial charge in [-0.2, -0.15) is 0 Å². The van der Waals surface area contributed by atoms with Crippen LogP contribution in [-0.2, 0) is 17.7 Å². The molecular weight excluding hydrogens is 456 g/mol. The van der Waals surface area contributed by atoms with Crippen molar-refractivity contribution in [3.8, 4) is 11.1 Å². The highest BCUT2D eigenvalue weighted by atomic mass is 16.5. The van der Waals surface area contributed by atoms with Crippen molar-refractivity contribution >= 4 is 17.8 Å². The van der Waals surface area contributed by atoms with E-state index in [1.165, 1.54) is 4.90 Å². The van der Waals surface area contributed by atoms with Crippen LogP contribution in [0.1, 0.15) is 57.1 Å². The number of pyridine rings is 1. The van der Waals surface area contributed by atoms with Gasteiger partial charge in [0.25, 0.3) is 0 Å². The summed E-state index contributed by atoms with van der Waals surface area (Å²) in [6.45, 7) is 16.1. The van der Waals surface area contributed by atoms with E-state index in [0.717, 1.165) is 27.9 Å². The lowest BCUT2D eigenvalue weighted by Crippen LogP contribution is -2.45. The van der Waals surface area contributed by atoms with Crippen LogP contribution in [-0.4, -0.2) is 63.9 Å². The van der Waals surface area contributed by atoms with E-state index in [1.54, 1.807) is 4.90 Å². The molecular formula is C28H40N4O4. The molecule has 1 aliphatic rings. The van der Waals surface area contributed by atoms with Gasteiger partial charge in [0.1, 0.15) is 0 Å². The van der Waals surface area contributed by atoms with Gasteiger partial charge in [-0.1, -0.05) is 43.7 Å². The van der Waals surface area contributed by atoms with E-state index in [4.69, 9.17) is 9.72 Å². The number of carbonyl (C=O) groups is 2. The van der Waals surface area contributed by atoms with E-state index < -0.39 is 11.6 Å². The summed E-state index contributed by atoms with van der Waals surface area (Å²) in [5, 5.41) is 13.2. The monoisotopic (exact) mass is 496 g/mol. The Kier molecular flexibility index (Phi) is 8.61. The molecule has 1 saturated heterocycles. The van der Waals surface area contributed by atoms with Crippen LogP contribution in [0.25, 0.3) is 11.1 Å². The summed E-state index contributed by atoms with van der Waals surface area (Å²) in [5.41, 5.74) is 5.27. The fraction of sp³-hybridized carbons (Fsp3) is 0.536. The summed E-state index contributed by atoms with van der Waals surface area (Å²) in [5.74, 6) is 0.322. The lowest BCUT2D eigenvalue weighted by Gasteiger charge is -2.35. The molecule has 1 aliphatic heterocycles. The Labute approximate surface area is 214 Å². The number of rotatable bonds is 6. The largest absolute Gasteiger partial charge is 0.465 e. The zero-order valence-corrected chi connectivity index (χ0v) is 22.6. The van der Waals surface area contributed by atoms with Crippen LogP contribution in [0.4, 0.5) is 15.3 Å². The summed E-state index contributed by atoms with van der Waals surface area (Å²) in [4.78, 5) is 33.7. The minimum atomic E-state index is -0.993. The topological polar surface area (TPSA) is 95.0 Å². The third-order valence-corrected chi connectivity index (χ3v) is 6.39. The van der Waals surface area contributed by atoms with Crippen molar-refractivity contribution in [3.05, 3.63) is 46.8 Å². The van der Waals surface area contributed by atoms with Crippen LogP contribution in [0.2, 0.25) is 0 Å². The summed E-state index contributed by atoms with van der Waals surface area (Å²) < 4.78 is 5.40. The fourth-order valence-electron chi connectivity index (χ4n) is 4.42. The van der Waals surface area contributed by atoms with Gasteiger partial charge in [-0.15, -0.1) is 0 Å². The molecule has 8 heteroatoms. The molecule has 3 amide bonds. The summed E-state index contributed by atoms with van der Waals surface area (Å²) in [6, 6.07) is 7.91. The number of ether oxygens (including phenoxy) is 1. The van der Waals surface area contributed by atoms with Crippen molar-refractivity contribution < 1.29 is 19.4 Å². The lowest BCUT2D eigenvalue weighted by atomic mass is 9.91. The number of morpholine rings is 1. The van der Waals surface area contributed by atoms with Crippen LogP contribution >= 0.6 is 0 Å². The number of hydrogen-bond acceptors (Lipinski definition) is 4. The van der Waals surface area contributed by atoms with E-state index >= 15 is 0 Å². The zero-order valence-electron chi connectivity index (χ0n) is 22.6. The number of aryl methyl sites for hydroxylation is 2. The van der Waals surface area contributed by atoms with Crippen molar-refractivity contribution in [1.82, 2.24) is 14.8 Å². The summed E-state index contributed by atoms with van der Waals surface area (Å²) in [7, 11) is 0. The van der Waals surface area contributed by atoms with Gasteiger partial charge in [0.2, 0.25) is 0 Å². The molecule has 0 unspecified atom stereocenters. The van der Waals surface area contributed by atoms with E-state index in [-0.39, 0.29) is 12.6 Å². The Morgan fingerprint density at radius 3 is 2.28 bits per heavy atom. The molecule has 1 fully saturated rings. The second-order valence-corrected chi connectivity index (χ2v) is 10.9. The van der Waals surface area contributed by atoms with Gasteiger partial charge in [-0.3, -0.25) is 9.88 Å². The highest BCUT2D eigenvalue weighted by Crippen LogP contribution is 2.38. The number of hydrogen-bond donors (Lipinski definition) is 2. The Bertz CT molecular complexity index is 1080. The molecule has 1 aromatic carbocycles. The molecule has 1 aromatic heterocycles.